The van der Waals surface area contributed by atoms with Gasteiger partial charge >= 0.3 is 6.03 Å². The Kier molecular flexibility index (Phi) is 9.27. The fraction of sp³-hybridized carbons (Fsp3) is 0.444. The Balaban J connectivity index is 1.63. The maximum absolute atomic E-state index is 13.5. The van der Waals surface area contributed by atoms with Crippen molar-refractivity contribution in [2.45, 2.75) is 53.0 Å². The smallest absolute Gasteiger partial charge is 0.335 e. The number of nitrogens with zero attached hydrogens (tertiary/aromatic N) is 2. The first kappa shape index (κ1) is 27.0. The molecule has 4 amide bonds. The number of hydrogen-bond donors (Lipinski definition) is 3. The lowest BCUT2D eigenvalue weighted by atomic mass is 10.0. The number of benzene rings is 2. The third-order valence-corrected chi connectivity index (χ3v) is 6.00. The van der Waals surface area contributed by atoms with E-state index >= 15 is 0 Å². The standard InChI is InChI=1S/C27H36FN5O3/c1-5-12-33(31-27(36)29-17-32-13-11-20-16-22(28)9-10-24(20)32)26(35)23(14-18(2)3)30-25(34)21-8-6-7-19(4)15-21/h6-10,15-16,18,23H,5,11-14,17H2,1-4H3,(H,30,34)(H2,29,31,36). The van der Waals surface area contributed by atoms with Crippen LogP contribution in [-0.2, 0) is 11.2 Å². The molecule has 0 bridgehead atoms. The summed E-state index contributed by atoms with van der Waals surface area (Å²) in [7, 11) is 0. The van der Waals surface area contributed by atoms with Crippen LogP contribution in [0, 0.1) is 18.7 Å². The number of amides is 4. The Morgan fingerprint density at radius 1 is 1.14 bits per heavy atom. The first-order chi connectivity index (χ1) is 17.2. The number of nitrogens with one attached hydrogen (secondary N) is 3. The second kappa shape index (κ2) is 12.4. The largest absolute Gasteiger partial charge is 0.353 e. The Bertz CT molecular complexity index is 1090. The number of carbonyl (C=O) groups excluding carboxylic acids is 3. The molecule has 2 aromatic rings. The molecule has 0 spiro atoms. The van der Waals surface area contributed by atoms with Gasteiger partial charge in [0.05, 0.1) is 6.67 Å². The summed E-state index contributed by atoms with van der Waals surface area (Å²) in [6.45, 7) is 8.94. The number of halogens is 1. The molecule has 1 heterocycles. The van der Waals surface area contributed by atoms with Crippen LogP contribution in [0.2, 0.25) is 0 Å². The number of anilines is 1. The molecule has 0 aliphatic carbocycles. The third kappa shape index (κ3) is 7.19. The maximum atomic E-state index is 13.5. The van der Waals surface area contributed by atoms with Crippen LogP contribution in [-0.4, -0.2) is 48.7 Å². The van der Waals surface area contributed by atoms with Gasteiger partial charge in [0.1, 0.15) is 11.9 Å². The molecule has 194 valence electrons. The van der Waals surface area contributed by atoms with Gasteiger partial charge in [0, 0.05) is 24.3 Å². The zero-order valence-corrected chi connectivity index (χ0v) is 21.4. The summed E-state index contributed by atoms with van der Waals surface area (Å²) >= 11 is 0. The normalized spacial score (nSPS) is 13.2. The zero-order valence-electron chi connectivity index (χ0n) is 21.4. The van der Waals surface area contributed by atoms with Crippen LogP contribution in [0.1, 0.15) is 55.1 Å². The minimum Gasteiger partial charge on any atom is -0.353 e. The van der Waals surface area contributed by atoms with Gasteiger partial charge in [-0.15, -0.1) is 0 Å². The highest BCUT2D eigenvalue weighted by Gasteiger charge is 2.28. The van der Waals surface area contributed by atoms with Crippen molar-refractivity contribution >= 4 is 23.5 Å². The molecule has 1 unspecified atom stereocenters. The second-order valence-electron chi connectivity index (χ2n) is 9.58. The van der Waals surface area contributed by atoms with Crippen molar-refractivity contribution < 1.29 is 18.8 Å². The topological polar surface area (TPSA) is 93.8 Å². The molecule has 0 saturated heterocycles. The summed E-state index contributed by atoms with van der Waals surface area (Å²) in [5.74, 6) is -0.832. The number of rotatable bonds is 9. The van der Waals surface area contributed by atoms with Crippen LogP contribution in [0.15, 0.2) is 42.5 Å². The summed E-state index contributed by atoms with van der Waals surface area (Å²) in [6, 6.07) is 10.5. The highest BCUT2D eigenvalue weighted by Crippen LogP contribution is 2.27. The van der Waals surface area contributed by atoms with Crippen molar-refractivity contribution in [2.75, 3.05) is 24.7 Å². The number of hydrazine groups is 1. The van der Waals surface area contributed by atoms with Gasteiger partial charge in [-0.1, -0.05) is 38.5 Å². The monoisotopic (exact) mass is 497 g/mol. The first-order valence-corrected chi connectivity index (χ1v) is 12.4. The highest BCUT2D eigenvalue weighted by atomic mass is 19.1. The number of urea groups is 1. The van der Waals surface area contributed by atoms with Crippen molar-refractivity contribution in [2.24, 2.45) is 5.92 Å². The lowest BCUT2D eigenvalue weighted by Crippen LogP contribution is -2.57. The number of fused-ring (bicyclic) bond motifs is 1. The van der Waals surface area contributed by atoms with Crippen LogP contribution in [0.5, 0.6) is 0 Å². The average molecular weight is 498 g/mol. The van der Waals surface area contributed by atoms with Gasteiger partial charge in [0.25, 0.3) is 11.8 Å². The highest BCUT2D eigenvalue weighted by molar-refractivity contribution is 5.98. The minimum absolute atomic E-state index is 0.147. The van der Waals surface area contributed by atoms with Crippen molar-refractivity contribution in [3.8, 4) is 0 Å². The fourth-order valence-corrected chi connectivity index (χ4v) is 4.29. The van der Waals surface area contributed by atoms with Gasteiger partial charge in [-0.05, 0) is 68.0 Å². The van der Waals surface area contributed by atoms with Crippen LogP contribution in [0.25, 0.3) is 0 Å². The van der Waals surface area contributed by atoms with Gasteiger partial charge in [0.15, 0.2) is 0 Å². The molecule has 0 fully saturated rings. The van der Waals surface area contributed by atoms with Crippen LogP contribution in [0.3, 0.4) is 0 Å². The Hall–Kier alpha value is -3.62. The van der Waals surface area contributed by atoms with E-state index in [1.807, 2.05) is 38.7 Å². The van der Waals surface area contributed by atoms with E-state index < -0.39 is 12.1 Å². The Labute approximate surface area is 212 Å². The summed E-state index contributed by atoms with van der Waals surface area (Å²) < 4.78 is 13.5. The predicted octanol–water partition coefficient (Wildman–Crippen LogP) is 3.75. The summed E-state index contributed by atoms with van der Waals surface area (Å²) in [4.78, 5) is 40.9. The van der Waals surface area contributed by atoms with Gasteiger partial charge < -0.3 is 15.5 Å². The average Bonchev–Trinajstić information content (AvgIpc) is 3.23. The minimum atomic E-state index is -0.787. The lowest BCUT2D eigenvalue weighted by Gasteiger charge is -2.29. The molecule has 0 saturated carbocycles. The SMILES string of the molecule is CCCN(NC(=O)NCN1CCc2cc(F)ccc21)C(=O)C(CC(C)C)NC(=O)c1cccc(C)c1. The molecule has 3 rings (SSSR count). The quantitative estimate of drug-likeness (QED) is 0.460. The van der Waals surface area contributed by atoms with Crippen LogP contribution in [0.4, 0.5) is 14.9 Å². The third-order valence-electron chi connectivity index (χ3n) is 6.00. The first-order valence-electron chi connectivity index (χ1n) is 12.4. The number of hydrogen-bond acceptors (Lipinski definition) is 4. The molecule has 9 heteroatoms. The van der Waals surface area contributed by atoms with Crippen molar-refractivity contribution in [3.63, 3.8) is 0 Å². The van der Waals surface area contributed by atoms with Crippen LogP contribution >= 0.6 is 0 Å². The molecule has 8 nitrogen and oxygen atoms in total. The van der Waals surface area contributed by atoms with E-state index in [1.54, 1.807) is 24.3 Å². The summed E-state index contributed by atoms with van der Waals surface area (Å²) in [5, 5.41) is 6.90. The van der Waals surface area contributed by atoms with Crippen molar-refractivity contribution in [1.82, 2.24) is 21.1 Å². The molecular formula is C27H36FN5O3. The van der Waals surface area contributed by atoms with Gasteiger partial charge in [-0.25, -0.2) is 14.6 Å². The molecular weight excluding hydrogens is 461 g/mol. The van der Waals surface area contributed by atoms with Crippen LogP contribution < -0.4 is 21.0 Å². The van der Waals surface area contributed by atoms with E-state index in [4.69, 9.17) is 0 Å². The molecule has 1 aliphatic heterocycles. The predicted molar refractivity (Wildman–Crippen MR) is 138 cm³/mol. The molecule has 36 heavy (non-hydrogen) atoms. The molecule has 0 aromatic heterocycles. The van der Waals surface area contributed by atoms with Crippen molar-refractivity contribution in [1.29, 1.82) is 0 Å². The van der Waals surface area contributed by atoms with E-state index in [-0.39, 0.29) is 30.2 Å². The summed E-state index contributed by atoms with van der Waals surface area (Å²) in [6.07, 6.45) is 1.76. The van der Waals surface area contributed by atoms with E-state index in [0.717, 1.165) is 16.8 Å². The summed E-state index contributed by atoms with van der Waals surface area (Å²) in [5.41, 5.74) is 5.86. The lowest BCUT2D eigenvalue weighted by molar-refractivity contribution is -0.136. The zero-order chi connectivity index (χ0) is 26.2. The van der Waals surface area contributed by atoms with Crippen molar-refractivity contribution in [3.05, 3.63) is 65.0 Å². The molecule has 3 N–H and O–H groups in total. The van der Waals surface area contributed by atoms with Gasteiger partial charge in [-0.2, -0.15) is 0 Å². The van der Waals surface area contributed by atoms with Gasteiger partial charge in [0.2, 0.25) is 0 Å². The molecule has 1 aliphatic rings. The number of carbonyl (C=O) groups is 3. The maximum Gasteiger partial charge on any atom is 0.335 e. The second-order valence-corrected chi connectivity index (χ2v) is 9.58. The fourth-order valence-electron chi connectivity index (χ4n) is 4.29. The Morgan fingerprint density at radius 3 is 2.61 bits per heavy atom. The van der Waals surface area contributed by atoms with E-state index in [1.165, 1.54) is 17.1 Å². The molecule has 0 radical (unpaired) electrons. The van der Waals surface area contributed by atoms with E-state index in [2.05, 4.69) is 16.1 Å². The van der Waals surface area contributed by atoms with E-state index in [0.29, 0.717) is 37.9 Å². The molecule has 2 aromatic carbocycles. The number of aryl methyl sites for hydroxylation is 1. The van der Waals surface area contributed by atoms with E-state index in [9.17, 15) is 18.8 Å². The van der Waals surface area contributed by atoms with Gasteiger partial charge in [-0.3, -0.25) is 14.6 Å². The Morgan fingerprint density at radius 2 is 1.92 bits per heavy atom. The molecule has 1 atom stereocenters.